The molecule has 4 N–H and O–H groups in total. The summed E-state index contributed by atoms with van der Waals surface area (Å²) in [6, 6.07) is 0. The summed E-state index contributed by atoms with van der Waals surface area (Å²) in [5, 5.41) is 11.8. The lowest BCUT2D eigenvalue weighted by Gasteiger charge is -2.07. The van der Waals surface area contributed by atoms with Gasteiger partial charge in [0, 0.05) is 6.54 Å². The Balaban J connectivity index is 3.25. The molecule has 0 saturated heterocycles. The van der Waals surface area contributed by atoms with Crippen LogP contribution in [0.2, 0.25) is 0 Å². The number of hydrogen-bond acceptors (Lipinski definition) is 3. The first-order valence-corrected chi connectivity index (χ1v) is 8.32. The van der Waals surface area contributed by atoms with E-state index in [4.69, 9.17) is 10.8 Å². The zero-order chi connectivity index (χ0) is 15.9. The van der Waals surface area contributed by atoms with Gasteiger partial charge in [0.15, 0.2) is 0 Å². The van der Waals surface area contributed by atoms with Gasteiger partial charge in [-0.05, 0) is 6.42 Å². The Bertz CT molecular complexity index is 283. The molecule has 0 aliphatic heterocycles. The summed E-state index contributed by atoms with van der Waals surface area (Å²) in [6.07, 6.45) is 10.9. The highest BCUT2D eigenvalue weighted by Gasteiger charge is 2.15. The number of nitrogens with two attached hydrogens (primary N) is 1. The van der Waals surface area contributed by atoms with Crippen molar-refractivity contribution in [1.82, 2.24) is 5.32 Å². The summed E-state index contributed by atoms with van der Waals surface area (Å²) in [5.41, 5.74) is 4.88. The molecular formula is C16H32N2O3. The monoisotopic (exact) mass is 300 g/mol. The van der Waals surface area contributed by atoms with Gasteiger partial charge in [0.2, 0.25) is 11.8 Å². The molecule has 0 aromatic heterocycles. The Morgan fingerprint density at radius 1 is 0.952 bits per heavy atom. The summed E-state index contributed by atoms with van der Waals surface area (Å²) in [6.45, 7) is 2.83. The molecule has 0 heterocycles. The number of nitrogens with one attached hydrogen (secondary N) is 1. The van der Waals surface area contributed by atoms with Crippen LogP contribution in [0.5, 0.6) is 0 Å². The highest BCUT2D eigenvalue weighted by Crippen LogP contribution is 2.10. The predicted octanol–water partition coefficient (Wildman–Crippen LogP) is 2.26. The second-order valence-corrected chi connectivity index (χ2v) is 5.65. The van der Waals surface area contributed by atoms with E-state index in [0.717, 1.165) is 12.8 Å². The lowest BCUT2D eigenvalue weighted by atomic mass is 10.1. The molecule has 0 saturated carbocycles. The quantitative estimate of drug-likeness (QED) is 0.430. The number of aliphatic hydroxyl groups is 1. The fraction of sp³-hybridized carbons (Fsp3) is 0.875. The van der Waals surface area contributed by atoms with Crippen LogP contribution in [0.15, 0.2) is 0 Å². The number of carbonyl (C=O) groups is 2. The fourth-order valence-corrected chi connectivity index (χ4v) is 2.19. The van der Waals surface area contributed by atoms with Crippen LogP contribution >= 0.6 is 0 Å². The van der Waals surface area contributed by atoms with Crippen molar-refractivity contribution in [3.05, 3.63) is 0 Å². The molecule has 0 bridgehead atoms. The van der Waals surface area contributed by atoms with Gasteiger partial charge >= 0.3 is 0 Å². The average Bonchev–Trinajstić information content (AvgIpc) is 2.44. The summed E-state index contributed by atoms with van der Waals surface area (Å²) in [4.78, 5) is 21.9. The second-order valence-electron chi connectivity index (χ2n) is 5.65. The Hall–Kier alpha value is -1.10. The van der Waals surface area contributed by atoms with Crippen molar-refractivity contribution in [3.63, 3.8) is 0 Å². The molecule has 0 aromatic rings. The first kappa shape index (κ1) is 19.9. The minimum Gasteiger partial charge on any atom is -0.383 e. The molecule has 21 heavy (non-hydrogen) atoms. The maximum absolute atomic E-state index is 11.3. The molecule has 0 radical (unpaired) electrons. The third-order valence-electron chi connectivity index (χ3n) is 3.56. The van der Waals surface area contributed by atoms with Crippen LogP contribution in [0.25, 0.3) is 0 Å². The number of rotatable bonds is 14. The van der Waals surface area contributed by atoms with Gasteiger partial charge in [0.1, 0.15) is 6.10 Å². The standard InChI is InChI=1S/C16H32N2O3/c1-2-3-4-5-6-7-8-9-10-11-12-18-15(20)13-14(19)16(17)21/h14,19H,2-13H2,1H3,(H2,17,21)(H,18,20). The van der Waals surface area contributed by atoms with Crippen molar-refractivity contribution in [2.75, 3.05) is 6.54 Å². The zero-order valence-electron chi connectivity index (χ0n) is 13.4. The minimum absolute atomic E-state index is 0.243. The third-order valence-corrected chi connectivity index (χ3v) is 3.56. The van der Waals surface area contributed by atoms with Crippen LogP contribution in [-0.2, 0) is 9.59 Å². The molecule has 5 heteroatoms. The number of amides is 2. The van der Waals surface area contributed by atoms with Crippen molar-refractivity contribution in [1.29, 1.82) is 0 Å². The van der Waals surface area contributed by atoms with Crippen molar-refractivity contribution in [3.8, 4) is 0 Å². The number of carbonyl (C=O) groups excluding carboxylic acids is 2. The zero-order valence-corrected chi connectivity index (χ0v) is 13.4. The van der Waals surface area contributed by atoms with E-state index in [0.29, 0.717) is 6.54 Å². The van der Waals surface area contributed by atoms with E-state index >= 15 is 0 Å². The number of primary amides is 1. The van der Waals surface area contributed by atoms with Gasteiger partial charge in [-0.15, -0.1) is 0 Å². The van der Waals surface area contributed by atoms with Gasteiger partial charge in [-0.25, -0.2) is 0 Å². The van der Waals surface area contributed by atoms with Crippen LogP contribution in [-0.4, -0.2) is 29.6 Å². The van der Waals surface area contributed by atoms with Crippen LogP contribution in [0, 0.1) is 0 Å². The van der Waals surface area contributed by atoms with Crippen molar-refractivity contribution in [2.45, 2.75) is 83.7 Å². The molecule has 0 rings (SSSR count). The summed E-state index contributed by atoms with van der Waals surface area (Å²) in [7, 11) is 0. The SMILES string of the molecule is CCCCCCCCCCCCNC(=O)CC(O)C(N)=O. The molecule has 0 fully saturated rings. The van der Waals surface area contributed by atoms with Gasteiger partial charge in [0.25, 0.3) is 0 Å². The van der Waals surface area contributed by atoms with E-state index in [2.05, 4.69) is 12.2 Å². The first-order valence-electron chi connectivity index (χ1n) is 8.32. The molecular weight excluding hydrogens is 268 g/mol. The van der Waals surface area contributed by atoms with Crippen LogP contribution < -0.4 is 11.1 Å². The fourth-order valence-electron chi connectivity index (χ4n) is 2.19. The second kappa shape index (κ2) is 13.9. The lowest BCUT2D eigenvalue weighted by molar-refractivity contribution is -0.132. The molecule has 1 unspecified atom stereocenters. The van der Waals surface area contributed by atoms with Gasteiger partial charge < -0.3 is 16.2 Å². The Morgan fingerprint density at radius 3 is 1.90 bits per heavy atom. The lowest BCUT2D eigenvalue weighted by Crippen LogP contribution is -2.35. The maximum atomic E-state index is 11.3. The molecule has 0 aliphatic rings. The Morgan fingerprint density at radius 2 is 1.43 bits per heavy atom. The van der Waals surface area contributed by atoms with Crippen LogP contribution in [0.3, 0.4) is 0 Å². The number of hydrogen-bond donors (Lipinski definition) is 3. The average molecular weight is 300 g/mol. The third kappa shape index (κ3) is 13.6. The molecule has 5 nitrogen and oxygen atoms in total. The predicted molar refractivity (Wildman–Crippen MR) is 84.7 cm³/mol. The smallest absolute Gasteiger partial charge is 0.246 e. The van der Waals surface area contributed by atoms with E-state index in [1.54, 1.807) is 0 Å². The molecule has 124 valence electrons. The highest BCUT2D eigenvalue weighted by atomic mass is 16.3. The van der Waals surface area contributed by atoms with Crippen LogP contribution in [0.1, 0.15) is 77.6 Å². The topological polar surface area (TPSA) is 92.4 Å². The van der Waals surface area contributed by atoms with Crippen LogP contribution in [0.4, 0.5) is 0 Å². The highest BCUT2D eigenvalue weighted by molar-refractivity contribution is 5.86. The summed E-state index contributed by atoms with van der Waals surface area (Å²) < 4.78 is 0. The van der Waals surface area contributed by atoms with Gasteiger partial charge in [-0.1, -0.05) is 64.7 Å². The number of unbranched alkanes of at least 4 members (excludes halogenated alkanes) is 9. The van der Waals surface area contributed by atoms with E-state index in [9.17, 15) is 9.59 Å². The van der Waals surface area contributed by atoms with E-state index in [1.165, 1.54) is 51.4 Å². The van der Waals surface area contributed by atoms with Gasteiger partial charge in [-0.2, -0.15) is 0 Å². The van der Waals surface area contributed by atoms with E-state index in [-0.39, 0.29) is 12.3 Å². The molecule has 2 amide bonds. The summed E-state index contributed by atoms with van der Waals surface area (Å²) >= 11 is 0. The van der Waals surface area contributed by atoms with Gasteiger partial charge in [-0.3, -0.25) is 9.59 Å². The first-order chi connectivity index (χ1) is 10.1. The summed E-state index contributed by atoms with van der Waals surface area (Å²) in [5.74, 6) is -1.18. The maximum Gasteiger partial charge on any atom is 0.246 e. The van der Waals surface area contributed by atoms with E-state index < -0.39 is 12.0 Å². The van der Waals surface area contributed by atoms with E-state index in [1.807, 2.05) is 0 Å². The van der Waals surface area contributed by atoms with Crippen molar-refractivity contribution < 1.29 is 14.7 Å². The van der Waals surface area contributed by atoms with Crippen molar-refractivity contribution >= 4 is 11.8 Å². The molecule has 1 atom stereocenters. The Kier molecular flexibility index (Phi) is 13.1. The van der Waals surface area contributed by atoms with Crippen molar-refractivity contribution in [2.24, 2.45) is 5.73 Å². The largest absolute Gasteiger partial charge is 0.383 e. The Labute approximate surface area is 128 Å². The minimum atomic E-state index is -1.38. The van der Waals surface area contributed by atoms with Gasteiger partial charge in [0.05, 0.1) is 6.42 Å². The molecule has 0 aliphatic carbocycles. The molecule has 0 aromatic carbocycles. The number of aliphatic hydroxyl groups excluding tert-OH is 1. The molecule has 0 spiro atoms. The normalized spacial score (nSPS) is 12.1.